The van der Waals surface area contributed by atoms with Crippen LogP contribution in [0.2, 0.25) is 0 Å². The summed E-state index contributed by atoms with van der Waals surface area (Å²) in [4.78, 5) is 13.8. The molecular formula is C10H12N2O2. The average Bonchev–Trinajstić information content (AvgIpc) is 2.65. The summed E-state index contributed by atoms with van der Waals surface area (Å²) in [7, 11) is 0. The van der Waals surface area contributed by atoms with Crippen molar-refractivity contribution in [2.45, 2.75) is 13.5 Å². The third-order valence-corrected chi connectivity index (χ3v) is 1.90. The largest absolute Gasteiger partial charge is 0.306 e. The van der Waals surface area contributed by atoms with E-state index in [-0.39, 0.29) is 0 Å². The van der Waals surface area contributed by atoms with Crippen LogP contribution in [0, 0.1) is 0 Å². The first-order valence-electron chi connectivity index (χ1n) is 4.55. The van der Waals surface area contributed by atoms with Crippen LogP contribution < -0.4 is 0 Å². The molecule has 0 N–H and O–H groups in total. The van der Waals surface area contributed by atoms with Gasteiger partial charge in [0.05, 0.1) is 24.6 Å². The molecule has 0 aromatic carbocycles. The molecule has 2 heterocycles. The number of pyridine rings is 1. The summed E-state index contributed by atoms with van der Waals surface area (Å²) in [5.74, 6) is 0. The first-order chi connectivity index (χ1) is 6.90. The van der Waals surface area contributed by atoms with Crippen molar-refractivity contribution < 1.29 is 9.78 Å². The van der Waals surface area contributed by atoms with E-state index in [1.165, 1.54) is 0 Å². The maximum absolute atomic E-state index is 4.96. The maximum atomic E-state index is 4.96. The second-order valence-corrected chi connectivity index (χ2v) is 2.93. The molecule has 0 saturated heterocycles. The zero-order chi connectivity index (χ0) is 9.80. The van der Waals surface area contributed by atoms with Gasteiger partial charge in [-0.1, -0.05) is 6.07 Å². The lowest BCUT2D eigenvalue weighted by molar-refractivity contribution is -0.300. The number of imidazole rings is 1. The van der Waals surface area contributed by atoms with E-state index in [9.17, 15) is 0 Å². The van der Waals surface area contributed by atoms with Gasteiger partial charge in [0, 0.05) is 6.20 Å². The second-order valence-electron chi connectivity index (χ2n) is 2.93. The summed E-state index contributed by atoms with van der Waals surface area (Å²) >= 11 is 0. The zero-order valence-electron chi connectivity index (χ0n) is 8.01. The van der Waals surface area contributed by atoms with Crippen molar-refractivity contribution >= 4 is 5.52 Å². The molecule has 74 valence electrons. The standard InChI is InChI=1S/C10H12N2O2/c1-2-13-14-7-9-3-4-10-5-11-8-12(10)6-9/h3-6,8H,2,7H2,1H3. The number of nitrogens with zero attached hydrogens (tertiary/aromatic N) is 2. The van der Waals surface area contributed by atoms with Crippen molar-refractivity contribution in [2.75, 3.05) is 6.61 Å². The maximum Gasteiger partial charge on any atom is 0.109 e. The molecule has 0 radical (unpaired) electrons. The van der Waals surface area contributed by atoms with Crippen LogP contribution in [-0.2, 0) is 16.4 Å². The fourth-order valence-electron chi connectivity index (χ4n) is 1.24. The molecular weight excluding hydrogens is 180 g/mol. The van der Waals surface area contributed by atoms with Crippen molar-refractivity contribution in [3.63, 3.8) is 0 Å². The van der Waals surface area contributed by atoms with E-state index in [2.05, 4.69) is 4.98 Å². The van der Waals surface area contributed by atoms with Gasteiger partial charge in [-0.25, -0.2) is 14.8 Å². The molecule has 0 amide bonds. The number of fused-ring (bicyclic) bond motifs is 1. The predicted octanol–water partition coefficient (Wildman–Crippen LogP) is 1.80. The van der Waals surface area contributed by atoms with Crippen LogP contribution in [0.5, 0.6) is 0 Å². The van der Waals surface area contributed by atoms with Crippen LogP contribution in [0.1, 0.15) is 12.5 Å². The lowest BCUT2D eigenvalue weighted by Crippen LogP contribution is -1.96. The Balaban J connectivity index is 2.10. The molecule has 0 unspecified atom stereocenters. The van der Waals surface area contributed by atoms with Gasteiger partial charge in [0.2, 0.25) is 0 Å². The molecule has 4 heteroatoms. The van der Waals surface area contributed by atoms with Crippen molar-refractivity contribution in [1.82, 2.24) is 9.38 Å². The third kappa shape index (κ3) is 1.92. The number of hydrogen-bond acceptors (Lipinski definition) is 3. The minimum absolute atomic E-state index is 0.460. The van der Waals surface area contributed by atoms with Crippen molar-refractivity contribution in [1.29, 1.82) is 0 Å². The fourth-order valence-corrected chi connectivity index (χ4v) is 1.24. The molecule has 0 aliphatic carbocycles. The number of rotatable bonds is 4. The van der Waals surface area contributed by atoms with Crippen molar-refractivity contribution in [3.8, 4) is 0 Å². The van der Waals surface area contributed by atoms with Crippen LogP contribution in [-0.4, -0.2) is 16.0 Å². The highest BCUT2D eigenvalue weighted by atomic mass is 17.2. The molecule has 0 aliphatic heterocycles. The highest BCUT2D eigenvalue weighted by Crippen LogP contribution is 2.06. The second kappa shape index (κ2) is 4.21. The van der Waals surface area contributed by atoms with Gasteiger partial charge in [-0.3, -0.25) is 0 Å². The van der Waals surface area contributed by atoms with Gasteiger partial charge >= 0.3 is 0 Å². The van der Waals surface area contributed by atoms with Crippen LogP contribution in [0.15, 0.2) is 30.9 Å². The van der Waals surface area contributed by atoms with E-state index in [0.717, 1.165) is 11.1 Å². The Bertz CT molecular complexity index is 411. The molecule has 0 bridgehead atoms. The monoisotopic (exact) mass is 192 g/mol. The Morgan fingerprint density at radius 1 is 1.36 bits per heavy atom. The third-order valence-electron chi connectivity index (χ3n) is 1.90. The van der Waals surface area contributed by atoms with Crippen LogP contribution in [0.3, 0.4) is 0 Å². The molecule has 0 aliphatic rings. The molecule has 2 aromatic rings. The highest BCUT2D eigenvalue weighted by Gasteiger charge is 1.96. The van der Waals surface area contributed by atoms with E-state index < -0.39 is 0 Å². The minimum atomic E-state index is 0.460. The van der Waals surface area contributed by atoms with E-state index >= 15 is 0 Å². The summed E-state index contributed by atoms with van der Waals surface area (Å²) in [6.07, 6.45) is 5.55. The molecule has 14 heavy (non-hydrogen) atoms. The Kier molecular flexibility index (Phi) is 2.76. The highest BCUT2D eigenvalue weighted by molar-refractivity contribution is 5.45. The van der Waals surface area contributed by atoms with Crippen LogP contribution >= 0.6 is 0 Å². The lowest BCUT2D eigenvalue weighted by Gasteiger charge is -2.02. The van der Waals surface area contributed by atoms with E-state index in [1.807, 2.05) is 35.9 Å². The topological polar surface area (TPSA) is 35.8 Å². The Labute approximate surface area is 82.0 Å². The van der Waals surface area contributed by atoms with Crippen molar-refractivity contribution in [3.05, 3.63) is 36.4 Å². The van der Waals surface area contributed by atoms with Gasteiger partial charge in [0.25, 0.3) is 0 Å². The Morgan fingerprint density at radius 3 is 3.14 bits per heavy atom. The quantitative estimate of drug-likeness (QED) is 0.421. The molecule has 2 rings (SSSR count). The van der Waals surface area contributed by atoms with E-state index in [0.29, 0.717) is 13.2 Å². The summed E-state index contributed by atoms with van der Waals surface area (Å²) in [5, 5.41) is 0. The molecule has 0 atom stereocenters. The number of hydrogen-bond donors (Lipinski definition) is 0. The molecule has 0 spiro atoms. The molecule has 0 fully saturated rings. The molecule has 2 aromatic heterocycles. The van der Waals surface area contributed by atoms with Gasteiger partial charge < -0.3 is 4.40 Å². The van der Waals surface area contributed by atoms with Gasteiger partial charge in [0.15, 0.2) is 0 Å². The van der Waals surface area contributed by atoms with Crippen LogP contribution in [0.4, 0.5) is 0 Å². The van der Waals surface area contributed by atoms with Gasteiger partial charge in [-0.2, -0.15) is 0 Å². The van der Waals surface area contributed by atoms with Gasteiger partial charge in [-0.05, 0) is 18.6 Å². The van der Waals surface area contributed by atoms with Crippen LogP contribution in [0.25, 0.3) is 5.52 Å². The Hall–Kier alpha value is -1.39. The zero-order valence-corrected chi connectivity index (χ0v) is 8.01. The predicted molar refractivity (Wildman–Crippen MR) is 51.6 cm³/mol. The Morgan fingerprint density at radius 2 is 2.29 bits per heavy atom. The SMILES string of the molecule is CCOOCc1ccc2cncn2c1. The lowest BCUT2D eigenvalue weighted by atomic mass is 10.3. The summed E-state index contributed by atoms with van der Waals surface area (Å²) in [6, 6.07) is 3.99. The van der Waals surface area contributed by atoms with Gasteiger partial charge in [-0.15, -0.1) is 0 Å². The first-order valence-corrected chi connectivity index (χ1v) is 4.55. The summed E-state index contributed by atoms with van der Waals surface area (Å²) < 4.78 is 1.95. The van der Waals surface area contributed by atoms with Gasteiger partial charge in [0.1, 0.15) is 6.61 Å². The normalized spacial score (nSPS) is 10.9. The first kappa shape index (κ1) is 9.18. The number of aromatic nitrogens is 2. The minimum Gasteiger partial charge on any atom is -0.306 e. The average molecular weight is 192 g/mol. The molecule has 0 saturated carbocycles. The smallest absolute Gasteiger partial charge is 0.109 e. The fraction of sp³-hybridized carbons (Fsp3) is 0.300. The molecule has 4 nitrogen and oxygen atoms in total. The van der Waals surface area contributed by atoms with E-state index in [4.69, 9.17) is 9.78 Å². The van der Waals surface area contributed by atoms with Crippen molar-refractivity contribution in [2.24, 2.45) is 0 Å². The summed E-state index contributed by atoms with van der Waals surface area (Å²) in [5.41, 5.74) is 2.13. The van der Waals surface area contributed by atoms with E-state index in [1.54, 1.807) is 6.33 Å². The summed E-state index contributed by atoms with van der Waals surface area (Å²) in [6.45, 7) is 2.91.